The zero-order valence-electron chi connectivity index (χ0n) is 20.7. The molecule has 0 unspecified atom stereocenters. The fourth-order valence-electron chi connectivity index (χ4n) is 4.36. The van der Waals surface area contributed by atoms with Crippen LogP contribution in [0.25, 0.3) is 0 Å². The molecule has 2 aromatic rings. The average Bonchev–Trinajstić information content (AvgIpc) is 2.69. The van der Waals surface area contributed by atoms with Crippen LogP contribution >= 0.6 is 0 Å². The monoisotopic (exact) mass is 458 g/mol. The summed E-state index contributed by atoms with van der Waals surface area (Å²) in [6.45, 7) is 13.8. The van der Waals surface area contributed by atoms with Crippen LogP contribution in [0, 0.1) is 13.8 Å². The van der Waals surface area contributed by atoms with Gasteiger partial charge in [-0.3, -0.25) is 0 Å². The highest BCUT2D eigenvalue weighted by atomic mass is 28.4. The summed E-state index contributed by atoms with van der Waals surface area (Å²) in [4.78, 5) is 0. The van der Waals surface area contributed by atoms with E-state index in [4.69, 9.17) is 8.85 Å². The number of hydrogen-bond acceptors (Lipinski definition) is 3. The Morgan fingerprint density at radius 1 is 0.774 bits per heavy atom. The number of ether oxygens (including phenoxy) is 1. The van der Waals surface area contributed by atoms with Crippen LogP contribution < -0.4 is 4.74 Å². The van der Waals surface area contributed by atoms with Gasteiger partial charge in [0.25, 0.3) is 0 Å². The van der Waals surface area contributed by atoms with Crippen molar-refractivity contribution in [2.24, 2.45) is 0 Å². The van der Waals surface area contributed by atoms with Gasteiger partial charge in [0.2, 0.25) is 0 Å². The largest absolute Gasteiger partial charge is 0.496 e. The Bertz CT molecular complexity index is 777. The molecular formula is C26H42O3Si2. The zero-order valence-corrected chi connectivity index (χ0v) is 22.7. The number of methoxy groups -OCH3 is 1. The van der Waals surface area contributed by atoms with Crippen molar-refractivity contribution in [2.75, 3.05) is 7.11 Å². The van der Waals surface area contributed by atoms with Crippen LogP contribution in [0.15, 0.2) is 36.4 Å². The maximum atomic E-state index is 9.49. The van der Waals surface area contributed by atoms with Gasteiger partial charge < -0.3 is 14.0 Å². The summed E-state index contributed by atoms with van der Waals surface area (Å²) in [6, 6.07) is 15.4. The van der Waals surface area contributed by atoms with Gasteiger partial charge in [-0.25, -0.2) is 0 Å². The van der Waals surface area contributed by atoms with E-state index in [1.807, 2.05) is 0 Å². The van der Waals surface area contributed by atoms with E-state index in [2.05, 4.69) is 76.4 Å². The van der Waals surface area contributed by atoms with E-state index in [-0.39, 0.29) is 6.61 Å². The van der Waals surface area contributed by atoms with Gasteiger partial charge in [0.05, 0.1) is 13.7 Å². The molecule has 0 aromatic heterocycles. The molecule has 0 aliphatic heterocycles. The maximum Gasteiger partial charge on any atom is 0.173 e. The fourth-order valence-corrected chi connectivity index (χ4v) is 13.2. The van der Waals surface area contributed by atoms with E-state index < -0.39 is 16.6 Å². The number of hydrogen-bond donors (Lipinski definition) is 1. The van der Waals surface area contributed by atoms with E-state index in [0.29, 0.717) is 0 Å². The Kier molecular flexibility index (Phi) is 9.55. The molecule has 0 aliphatic carbocycles. The third-order valence-electron chi connectivity index (χ3n) is 6.10. The first-order valence-corrected chi connectivity index (χ1v) is 17.8. The lowest BCUT2D eigenvalue weighted by atomic mass is 10.0. The molecule has 0 bridgehead atoms. The van der Waals surface area contributed by atoms with Crippen LogP contribution in [-0.4, -0.2) is 28.9 Å². The molecule has 0 amide bonds. The van der Waals surface area contributed by atoms with Crippen molar-refractivity contribution in [3.05, 3.63) is 64.2 Å². The van der Waals surface area contributed by atoms with Crippen molar-refractivity contribution in [1.29, 1.82) is 0 Å². The Morgan fingerprint density at radius 2 is 1.29 bits per heavy atom. The van der Waals surface area contributed by atoms with Crippen LogP contribution in [0.3, 0.4) is 0 Å². The Labute approximate surface area is 192 Å². The molecule has 2 rings (SSSR count). The van der Waals surface area contributed by atoms with Crippen molar-refractivity contribution in [2.45, 2.75) is 84.4 Å². The van der Waals surface area contributed by atoms with Gasteiger partial charge in [-0.2, -0.15) is 0 Å². The Balaban J connectivity index is 1.81. The molecule has 0 aliphatic rings. The smallest absolute Gasteiger partial charge is 0.173 e. The third-order valence-corrected chi connectivity index (χ3v) is 13.6. The third kappa shape index (κ3) is 8.56. The predicted molar refractivity (Wildman–Crippen MR) is 137 cm³/mol. The molecule has 0 fully saturated rings. The van der Waals surface area contributed by atoms with E-state index >= 15 is 0 Å². The molecule has 172 valence electrons. The van der Waals surface area contributed by atoms with E-state index in [1.165, 1.54) is 40.8 Å². The molecule has 0 saturated heterocycles. The second-order valence-corrected chi connectivity index (χ2v) is 18.9. The van der Waals surface area contributed by atoms with Crippen LogP contribution in [0.4, 0.5) is 0 Å². The minimum absolute atomic E-state index is 0.123. The summed E-state index contributed by atoms with van der Waals surface area (Å²) < 4.78 is 12.3. The van der Waals surface area contributed by atoms with Gasteiger partial charge in [-0.15, -0.1) is 0 Å². The Morgan fingerprint density at radius 3 is 1.81 bits per heavy atom. The lowest BCUT2D eigenvalue weighted by molar-refractivity contribution is 0.281. The van der Waals surface area contributed by atoms with Crippen molar-refractivity contribution in [3.63, 3.8) is 0 Å². The first-order valence-electron chi connectivity index (χ1n) is 11.6. The second kappa shape index (κ2) is 11.5. The number of aliphatic hydroxyl groups excluding tert-OH is 1. The van der Waals surface area contributed by atoms with Crippen LogP contribution in [-0.2, 0) is 23.6 Å². The lowest BCUT2D eigenvalue weighted by Crippen LogP contribution is -2.44. The topological polar surface area (TPSA) is 38.7 Å². The standard InChI is InChI=1S/C26H42O3Si2/c1-21-12-14-23(18-25(21)20-27)10-8-16-30(4,5)29-31(6,7)17-9-11-24-15-13-22(2)26(19-24)28-3/h12-15,18-19,27H,8-11,16-17,20H2,1-7H3. The van der Waals surface area contributed by atoms with Crippen molar-refractivity contribution in [1.82, 2.24) is 0 Å². The normalized spacial score (nSPS) is 12.3. The van der Waals surface area contributed by atoms with E-state index in [0.717, 1.165) is 30.6 Å². The van der Waals surface area contributed by atoms with Gasteiger partial charge in [0.1, 0.15) is 5.75 Å². The predicted octanol–water partition coefficient (Wildman–Crippen LogP) is 6.80. The second-order valence-electron chi connectivity index (χ2n) is 10.1. The molecule has 0 atom stereocenters. The molecule has 0 heterocycles. The van der Waals surface area contributed by atoms with Crippen LogP contribution in [0.2, 0.25) is 38.3 Å². The number of benzene rings is 2. The first kappa shape index (κ1) is 25.9. The zero-order chi connectivity index (χ0) is 23.1. The molecule has 0 spiro atoms. The summed E-state index contributed by atoms with van der Waals surface area (Å²) in [5.41, 5.74) is 6.08. The van der Waals surface area contributed by atoms with Crippen LogP contribution in [0.1, 0.15) is 40.7 Å². The molecule has 31 heavy (non-hydrogen) atoms. The van der Waals surface area contributed by atoms with E-state index in [1.54, 1.807) is 7.11 Å². The molecule has 2 aromatic carbocycles. The fraction of sp³-hybridized carbons (Fsp3) is 0.538. The number of aryl methyl sites for hydroxylation is 4. The summed E-state index contributed by atoms with van der Waals surface area (Å²) >= 11 is 0. The Hall–Kier alpha value is -1.41. The van der Waals surface area contributed by atoms with Gasteiger partial charge in [-0.05, 0) is 112 Å². The minimum atomic E-state index is -1.68. The maximum absolute atomic E-state index is 9.49. The molecule has 5 heteroatoms. The van der Waals surface area contributed by atoms with Gasteiger partial charge in [0, 0.05) is 0 Å². The lowest BCUT2D eigenvalue weighted by Gasteiger charge is -2.34. The first-order chi connectivity index (χ1) is 14.5. The SMILES string of the molecule is COc1cc(CCC[Si](C)(C)O[Si](C)(C)CCCc2ccc(C)c(CO)c2)ccc1C. The average molecular weight is 459 g/mol. The summed E-state index contributed by atoms with van der Waals surface area (Å²) in [6.07, 6.45) is 4.47. The van der Waals surface area contributed by atoms with Gasteiger partial charge >= 0.3 is 0 Å². The highest BCUT2D eigenvalue weighted by Crippen LogP contribution is 2.26. The van der Waals surface area contributed by atoms with Crippen molar-refractivity contribution in [3.8, 4) is 5.75 Å². The highest BCUT2D eigenvalue weighted by Gasteiger charge is 2.32. The van der Waals surface area contributed by atoms with Crippen LogP contribution in [0.5, 0.6) is 5.75 Å². The number of rotatable bonds is 12. The molecule has 0 saturated carbocycles. The quantitative estimate of drug-likeness (QED) is 0.356. The minimum Gasteiger partial charge on any atom is -0.496 e. The summed E-state index contributed by atoms with van der Waals surface area (Å²) in [7, 11) is -1.62. The van der Waals surface area contributed by atoms with E-state index in [9.17, 15) is 5.11 Å². The van der Waals surface area contributed by atoms with Crippen molar-refractivity contribution >= 4 is 16.6 Å². The van der Waals surface area contributed by atoms with Gasteiger partial charge in [-0.1, -0.05) is 30.3 Å². The molecule has 3 nitrogen and oxygen atoms in total. The molecular weight excluding hydrogens is 416 g/mol. The molecule has 0 radical (unpaired) electrons. The highest BCUT2D eigenvalue weighted by molar-refractivity contribution is 6.84. The summed E-state index contributed by atoms with van der Waals surface area (Å²) in [5.74, 6) is 0.985. The van der Waals surface area contributed by atoms with Gasteiger partial charge in [0.15, 0.2) is 16.6 Å². The van der Waals surface area contributed by atoms with Crippen molar-refractivity contribution < 1.29 is 14.0 Å². The molecule has 1 N–H and O–H groups in total. The summed E-state index contributed by atoms with van der Waals surface area (Å²) in [5, 5.41) is 9.49. The number of aliphatic hydroxyl groups is 1.